The Morgan fingerprint density at radius 2 is 1.70 bits per heavy atom. The summed E-state index contributed by atoms with van der Waals surface area (Å²) >= 11 is 12.0. The third-order valence-electron chi connectivity index (χ3n) is 3.09. The van der Waals surface area contributed by atoms with Crippen LogP contribution in [-0.2, 0) is 4.79 Å². The maximum atomic E-state index is 12.2. The van der Waals surface area contributed by atoms with Crippen LogP contribution in [-0.4, -0.2) is 24.1 Å². The van der Waals surface area contributed by atoms with Crippen LogP contribution in [0.3, 0.4) is 0 Å². The Morgan fingerprint density at radius 3 is 2.17 bits per heavy atom. The molecule has 5 nitrogen and oxygen atoms in total. The topological polar surface area (TPSA) is 66.8 Å². The van der Waals surface area contributed by atoms with Gasteiger partial charge in [-0.25, -0.2) is 4.79 Å². The van der Waals surface area contributed by atoms with Crippen LogP contribution in [0.5, 0.6) is 5.75 Å². The summed E-state index contributed by atoms with van der Waals surface area (Å²) in [5.41, 5.74) is 0.731. The quantitative estimate of drug-likeness (QED) is 0.885. The lowest BCUT2D eigenvalue weighted by molar-refractivity contribution is -0.115. The van der Waals surface area contributed by atoms with E-state index in [1.807, 2.05) is 0 Å². The van der Waals surface area contributed by atoms with E-state index in [4.69, 9.17) is 33.0 Å². The number of halogens is 2. The van der Waals surface area contributed by atoms with Crippen molar-refractivity contribution >= 4 is 46.5 Å². The molecular weight excluding hydrogens is 341 g/mol. The van der Waals surface area contributed by atoms with Crippen LogP contribution in [0, 0.1) is 0 Å². The van der Waals surface area contributed by atoms with Gasteiger partial charge in [0.1, 0.15) is 5.75 Å². The molecule has 1 amide bonds. The van der Waals surface area contributed by atoms with Crippen molar-refractivity contribution in [3.05, 3.63) is 52.0 Å². The SMILES string of the molecule is COc1ccc(C(=O)O)cc1N(C(C)=O)c1cc(Cl)cc(Cl)c1. The predicted molar refractivity (Wildman–Crippen MR) is 89.2 cm³/mol. The number of anilines is 2. The van der Waals surface area contributed by atoms with Crippen LogP contribution in [0.4, 0.5) is 11.4 Å². The molecule has 0 aliphatic rings. The average molecular weight is 354 g/mol. The van der Waals surface area contributed by atoms with E-state index in [2.05, 4.69) is 0 Å². The number of hydrogen-bond donors (Lipinski definition) is 1. The van der Waals surface area contributed by atoms with Crippen LogP contribution in [0.25, 0.3) is 0 Å². The minimum atomic E-state index is -1.11. The number of nitrogens with zero attached hydrogens (tertiary/aromatic N) is 1. The second-order valence-corrected chi connectivity index (χ2v) is 5.55. The van der Waals surface area contributed by atoms with Gasteiger partial charge in [0, 0.05) is 17.0 Å². The van der Waals surface area contributed by atoms with Gasteiger partial charge < -0.3 is 9.84 Å². The Labute approximate surface area is 143 Å². The molecule has 0 fully saturated rings. The van der Waals surface area contributed by atoms with E-state index in [1.165, 1.54) is 43.2 Å². The Hall–Kier alpha value is -2.24. The van der Waals surface area contributed by atoms with Crippen molar-refractivity contribution in [2.75, 3.05) is 12.0 Å². The number of carboxylic acid groups (broad SMARTS) is 1. The number of hydrogen-bond acceptors (Lipinski definition) is 3. The fraction of sp³-hybridized carbons (Fsp3) is 0.125. The van der Waals surface area contributed by atoms with E-state index < -0.39 is 5.97 Å². The van der Waals surface area contributed by atoms with Crippen LogP contribution in [0.1, 0.15) is 17.3 Å². The van der Waals surface area contributed by atoms with E-state index in [0.717, 1.165) is 0 Å². The van der Waals surface area contributed by atoms with Crippen molar-refractivity contribution < 1.29 is 19.4 Å². The Bertz CT molecular complexity index is 756. The summed E-state index contributed by atoms with van der Waals surface area (Å²) in [6.45, 7) is 1.35. The van der Waals surface area contributed by atoms with Crippen molar-refractivity contribution in [1.29, 1.82) is 0 Å². The third-order valence-corrected chi connectivity index (χ3v) is 3.52. The molecule has 0 unspecified atom stereocenters. The van der Waals surface area contributed by atoms with Gasteiger partial charge in [0.05, 0.1) is 24.0 Å². The molecule has 0 radical (unpaired) electrons. The van der Waals surface area contributed by atoms with Gasteiger partial charge in [0.2, 0.25) is 5.91 Å². The summed E-state index contributed by atoms with van der Waals surface area (Å²) < 4.78 is 5.24. The van der Waals surface area contributed by atoms with Crippen LogP contribution in [0.2, 0.25) is 10.0 Å². The molecule has 0 aliphatic carbocycles. The number of aromatic carboxylic acids is 1. The summed E-state index contributed by atoms with van der Waals surface area (Å²) in [5, 5.41) is 9.87. The van der Waals surface area contributed by atoms with Crippen molar-refractivity contribution in [3.63, 3.8) is 0 Å². The first-order valence-electron chi connectivity index (χ1n) is 6.51. The smallest absolute Gasteiger partial charge is 0.335 e. The maximum Gasteiger partial charge on any atom is 0.335 e. The molecule has 0 saturated carbocycles. The zero-order valence-electron chi connectivity index (χ0n) is 12.3. The second kappa shape index (κ2) is 6.89. The van der Waals surface area contributed by atoms with Gasteiger partial charge in [0.25, 0.3) is 0 Å². The lowest BCUT2D eigenvalue weighted by Gasteiger charge is -2.24. The van der Waals surface area contributed by atoms with E-state index in [9.17, 15) is 9.59 Å². The Balaban J connectivity index is 2.68. The molecule has 0 aromatic heterocycles. The van der Waals surface area contributed by atoms with Gasteiger partial charge in [-0.1, -0.05) is 23.2 Å². The van der Waals surface area contributed by atoms with E-state index in [-0.39, 0.29) is 11.5 Å². The van der Waals surface area contributed by atoms with Crippen molar-refractivity contribution in [3.8, 4) is 5.75 Å². The molecule has 0 atom stereocenters. The number of carbonyl (C=O) groups is 2. The molecule has 2 aromatic carbocycles. The van der Waals surface area contributed by atoms with Gasteiger partial charge in [-0.05, 0) is 36.4 Å². The van der Waals surface area contributed by atoms with Crippen molar-refractivity contribution in [2.24, 2.45) is 0 Å². The number of carbonyl (C=O) groups excluding carboxylic acids is 1. The first-order valence-corrected chi connectivity index (χ1v) is 7.27. The third kappa shape index (κ3) is 3.75. The van der Waals surface area contributed by atoms with Gasteiger partial charge in [0.15, 0.2) is 0 Å². The maximum absolute atomic E-state index is 12.2. The van der Waals surface area contributed by atoms with Gasteiger partial charge >= 0.3 is 5.97 Å². The number of ether oxygens (including phenoxy) is 1. The summed E-state index contributed by atoms with van der Waals surface area (Å²) in [6, 6.07) is 8.89. The van der Waals surface area contributed by atoms with Gasteiger partial charge in [-0.2, -0.15) is 0 Å². The summed E-state index contributed by atoms with van der Waals surface area (Å²) in [6.07, 6.45) is 0. The highest BCUT2D eigenvalue weighted by Gasteiger charge is 2.21. The number of benzene rings is 2. The molecule has 2 rings (SSSR count). The molecule has 120 valence electrons. The average Bonchev–Trinajstić information content (AvgIpc) is 2.45. The molecule has 0 spiro atoms. The molecular formula is C16H13Cl2NO4. The Kier molecular flexibility index (Phi) is 5.13. The summed E-state index contributed by atoms with van der Waals surface area (Å²) in [7, 11) is 1.43. The molecule has 0 bridgehead atoms. The van der Waals surface area contributed by atoms with Crippen molar-refractivity contribution in [2.45, 2.75) is 6.92 Å². The molecule has 23 heavy (non-hydrogen) atoms. The summed E-state index contributed by atoms with van der Waals surface area (Å²) in [5.74, 6) is -1.10. The minimum absolute atomic E-state index is 0.0279. The number of rotatable bonds is 4. The zero-order valence-corrected chi connectivity index (χ0v) is 13.9. The fourth-order valence-corrected chi connectivity index (χ4v) is 2.67. The Morgan fingerprint density at radius 1 is 1.09 bits per heavy atom. The number of methoxy groups -OCH3 is 1. The van der Waals surface area contributed by atoms with Crippen LogP contribution in [0.15, 0.2) is 36.4 Å². The molecule has 0 aliphatic heterocycles. The largest absolute Gasteiger partial charge is 0.495 e. The van der Waals surface area contributed by atoms with Crippen LogP contribution < -0.4 is 9.64 Å². The van der Waals surface area contributed by atoms with E-state index >= 15 is 0 Å². The highest BCUT2D eigenvalue weighted by Crippen LogP contribution is 2.37. The molecule has 7 heteroatoms. The number of carboxylic acids is 1. The second-order valence-electron chi connectivity index (χ2n) is 4.67. The molecule has 0 saturated heterocycles. The van der Waals surface area contributed by atoms with Crippen molar-refractivity contribution in [1.82, 2.24) is 0 Å². The number of amides is 1. The monoisotopic (exact) mass is 353 g/mol. The van der Waals surface area contributed by atoms with Gasteiger partial charge in [-0.15, -0.1) is 0 Å². The lowest BCUT2D eigenvalue weighted by Crippen LogP contribution is -2.23. The summed E-state index contributed by atoms with van der Waals surface area (Å²) in [4.78, 5) is 24.7. The highest BCUT2D eigenvalue weighted by atomic mass is 35.5. The zero-order chi connectivity index (χ0) is 17.1. The van der Waals surface area contributed by atoms with E-state index in [0.29, 0.717) is 27.2 Å². The lowest BCUT2D eigenvalue weighted by atomic mass is 10.1. The van der Waals surface area contributed by atoms with Gasteiger partial charge in [-0.3, -0.25) is 9.69 Å². The normalized spacial score (nSPS) is 10.3. The first-order chi connectivity index (χ1) is 10.8. The van der Waals surface area contributed by atoms with Crippen LogP contribution >= 0.6 is 23.2 Å². The van der Waals surface area contributed by atoms with E-state index in [1.54, 1.807) is 12.1 Å². The molecule has 1 N–H and O–H groups in total. The molecule has 2 aromatic rings. The predicted octanol–water partition coefficient (Wildman–Crippen LogP) is 4.38. The first kappa shape index (κ1) is 17.1. The fourth-order valence-electron chi connectivity index (χ4n) is 2.16. The molecule has 0 heterocycles. The highest BCUT2D eigenvalue weighted by molar-refractivity contribution is 6.35. The standard InChI is InChI=1S/C16H13Cl2NO4/c1-9(20)19(13-7-11(17)6-12(18)8-13)14-5-10(16(21)22)3-4-15(14)23-2/h3-8H,1-2H3,(H,21,22). The minimum Gasteiger partial charge on any atom is -0.495 e.